The quantitative estimate of drug-likeness (QED) is 0.829. The van der Waals surface area contributed by atoms with Crippen molar-refractivity contribution in [1.82, 2.24) is 14.7 Å². The fourth-order valence-corrected chi connectivity index (χ4v) is 2.08. The summed E-state index contributed by atoms with van der Waals surface area (Å²) < 4.78 is 1.69. The maximum absolute atomic E-state index is 12.4. The SMILES string of the molecule is CCN(CCC(N)=S)C(=O)c1cnn(-c2ccccc2)c1. The number of para-hydroxylation sites is 1. The Kier molecular flexibility index (Phi) is 5.05. The molecule has 1 aromatic carbocycles. The molecule has 5 nitrogen and oxygen atoms in total. The van der Waals surface area contributed by atoms with E-state index in [1.807, 2.05) is 37.3 Å². The molecule has 0 spiro atoms. The Morgan fingerprint density at radius 3 is 2.71 bits per heavy atom. The summed E-state index contributed by atoms with van der Waals surface area (Å²) in [5.41, 5.74) is 6.97. The Morgan fingerprint density at radius 1 is 1.38 bits per heavy atom. The first-order valence-corrected chi connectivity index (χ1v) is 7.20. The van der Waals surface area contributed by atoms with Gasteiger partial charge in [0.1, 0.15) is 0 Å². The maximum Gasteiger partial charge on any atom is 0.257 e. The minimum Gasteiger partial charge on any atom is -0.393 e. The zero-order valence-corrected chi connectivity index (χ0v) is 12.7. The Bertz CT molecular complexity index is 624. The van der Waals surface area contributed by atoms with Crippen LogP contribution in [0.15, 0.2) is 42.7 Å². The molecule has 0 aliphatic heterocycles. The van der Waals surface area contributed by atoms with Crippen molar-refractivity contribution in [3.05, 3.63) is 48.3 Å². The van der Waals surface area contributed by atoms with E-state index in [0.29, 0.717) is 30.1 Å². The number of aromatic nitrogens is 2. The van der Waals surface area contributed by atoms with Crippen LogP contribution < -0.4 is 5.73 Å². The van der Waals surface area contributed by atoms with E-state index in [9.17, 15) is 4.79 Å². The molecule has 0 radical (unpaired) electrons. The molecular weight excluding hydrogens is 284 g/mol. The van der Waals surface area contributed by atoms with Crippen LogP contribution in [0.25, 0.3) is 5.69 Å². The van der Waals surface area contributed by atoms with E-state index in [1.54, 1.807) is 22.0 Å². The predicted octanol–water partition coefficient (Wildman–Crippen LogP) is 2.01. The Hall–Kier alpha value is -2.21. The van der Waals surface area contributed by atoms with Gasteiger partial charge in [0.15, 0.2) is 0 Å². The van der Waals surface area contributed by atoms with Gasteiger partial charge >= 0.3 is 0 Å². The molecule has 0 unspecified atom stereocenters. The number of nitrogens with zero attached hydrogens (tertiary/aromatic N) is 3. The zero-order valence-electron chi connectivity index (χ0n) is 11.9. The molecule has 0 fully saturated rings. The molecule has 0 saturated carbocycles. The van der Waals surface area contributed by atoms with Crippen molar-refractivity contribution in [1.29, 1.82) is 0 Å². The molecule has 2 aromatic rings. The fourth-order valence-electron chi connectivity index (χ4n) is 1.99. The van der Waals surface area contributed by atoms with E-state index in [4.69, 9.17) is 18.0 Å². The minimum absolute atomic E-state index is 0.0593. The lowest BCUT2D eigenvalue weighted by Crippen LogP contribution is -2.33. The molecular formula is C15H18N4OS. The van der Waals surface area contributed by atoms with Gasteiger partial charge < -0.3 is 10.6 Å². The van der Waals surface area contributed by atoms with Crippen LogP contribution >= 0.6 is 12.2 Å². The second-order valence-corrected chi connectivity index (χ2v) is 5.13. The second-order valence-electron chi connectivity index (χ2n) is 4.61. The molecule has 1 heterocycles. The van der Waals surface area contributed by atoms with E-state index < -0.39 is 0 Å². The van der Waals surface area contributed by atoms with Crippen LogP contribution in [0, 0.1) is 0 Å². The minimum atomic E-state index is -0.0593. The van der Waals surface area contributed by atoms with E-state index in [0.717, 1.165) is 5.69 Å². The van der Waals surface area contributed by atoms with Crippen molar-refractivity contribution in [3.63, 3.8) is 0 Å². The number of hydrogen-bond acceptors (Lipinski definition) is 3. The number of nitrogens with two attached hydrogens (primary N) is 1. The zero-order chi connectivity index (χ0) is 15.2. The second kappa shape index (κ2) is 6.99. The number of rotatable bonds is 6. The number of amides is 1. The Morgan fingerprint density at radius 2 is 2.10 bits per heavy atom. The molecule has 0 bridgehead atoms. The van der Waals surface area contributed by atoms with Crippen LogP contribution in [0.2, 0.25) is 0 Å². The number of benzene rings is 1. The Balaban J connectivity index is 2.12. The predicted molar refractivity (Wildman–Crippen MR) is 86.5 cm³/mol. The first kappa shape index (κ1) is 15.2. The molecule has 6 heteroatoms. The molecule has 110 valence electrons. The summed E-state index contributed by atoms with van der Waals surface area (Å²) in [6.45, 7) is 3.07. The van der Waals surface area contributed by atoms with E-state index in [2.05, 4.69) is 5.10 Å². The molecule has 0 atom stereocenters. The summed E-state index contributed by atoms with van der Waals surface area (Å²) in [7, 11) is 0. The first-order chi connectivity index (χ1) is 10.1. The van der Waals surface area contributed by atoms with Crippen molar-refractivity contribution in [2.75, 3.05) is 13.1 Å². The van der Waals surface area contributed by atoms with Crippen LogP contribution in [-0.4, -0.2) is 38.7 Å². The molecule has 0 aliphatic carbocycles. The topological polar surface area (TPSA) is 64.2 Å². The monoisotopic (exact) mass is 302 g/mol. The van der Waals surface area contributed by atoms with Crippen LogP contribution in [0.3, 0.4) is 0 Å². The van der Waals surface area contributed by atoms with Crippen molar-refractivity contribution >= 4 is 23.1 Å². The molecule has 1 aromatic heterocycles. The van der Waals surface area contributed by atoms with Crippen molar-refractivity contribution in [2.24, 2.45) is 5.73 Å². The molecule has 21 heavy (non-hydrogen) atoms. The van der Waals surface area contributed by atoms with E-state index >= 15 is 0 Å². The summed E-state index contributed by atoms with van der Waals surface area (Å²) >= 11 is 4.86. The largest absolute Gasteiger partial charge is 0.393 e. The standard InChI is InChI=1S/C15H18N4OS/c1-2-18(9-8-14(16)21)15(20)12-10-17-19(11-12)13-6-4-3-5-7-13/h3-7,10-11H,2,8-9H2,1H3,(H2,16,21). The summed E-state index contributed by atoms with van der Waals surface area (Å²) in [6, 6.07) is 9.67. The summed E-state index contributed by atoms with van der Waals surface area (Å²) in [5.74, 6) is -0.0593. The fraction of sp³-hybridized carbons (Fsp3) is 0.267. The number of thiocarbonyl (C=S) groups is 1. The number of hydrogen-bond donors (Lipinski definition) is 1. The lowest BCUT2D eigenvalue weighted by molar-refractivity contribution is 0.0769. The van der Waals surface area contributed by atoms with Gasteiger partial charge in [-0.25, -0.2) is 4.68 Å². The van der Waals surface area contributed by atoms with Gasteiger partial charge in [-0.2, -0.15) is 5.10 Å². The van der Waals surface area contributed by atoms with Gasteiger partial charge in [-0.05, 0) is 19.1 Å². The molecule has 0 saturated heterocycles. The maximum atomic E-state index is 12.4. The Labute approximate surface area is 129 Å². The van der Waals surface area contributed by atoms with Crippen molar-refractivity contribution in [2.45, 2.75) is 13.3 Å². The highest BCUT2D eigenvalue weighted by atomic mass is 32.1. The van der Waals surface area contributed by atoms with Gasteiger partial charge in [0, 0.05) is 25.7 Å². The highest BCUT2D eigenvalue weighted by Gasteiger charge is 2.16. The van der Waals surface area contributed by atoms with Crippen molar-refractivity contribution in [3.8, 4) is 5.69 Å². The highest BCUT2D eigenvalue weighted by molar-refractivity contribution is 7.80. The number of carbonyl (C=O) groups is 1. The lowest BCUT2D eigenvalue weighted by Gasteiger charge is -2.19. The average Bonchev–Trinajstić information content (AvgIpc) is 2.98. The molecule has 2 rings (SSSR count). The number of carbonyl (C=O) groups excluding carboxylic acids is 1. The normalized spacial score (nSPS) is 10.3. The van der Waals surface area contributed by atoms with E-state index in [-0.39, 0.29) is 5.91 Å². The lowest BCUT2D eigenvalue weighted by atomic mass is 10.2. The third-order valence-corrected chi connectivity index (χ3v) is 3.35. The highest BCUT2D eigenvalue weighted by Crippen LogP contribution is 2.10. The smallest absolute Gasteiger partial charge is 0.257 e. The van der Waals surface area contributed by atoms with Crippen LogP contribution in [0.1, 0.15) is 23.7 Å². The van der Waals surface area contributed by atoms with Crippen LogP contribution in [0.4, 0.5) is 0 Å². The average molecular weight is 302 g/mol. The summed E-state index contributed by atoms with van der Waals surface area (Å²) in [5, 5.41) is 4.24. The first-order valence-electron chi connectivity index (χ1n) is 6.79. The van der Waals surface area contributed by atoms with Gasteiger partial charge in [0.2, 0.25) is 0 Å². The van der Waals surface area contributed by atoms with Crippen LogP contribution in [0.5, 0.6) is 0 Å². The summed E-state index contributed by atoms with van der Waals surface area (Å²) in [4.78, 5) is 14.6. The van der Waals surface area contributed by atoms with Gasteiger partial charge in [-0.1, -0.05) is 30.4 Å². The van der Waals surface area contributed by atoms with Crippen molar-refractivity contribution < 1.29 is 4.79 Å². The molecule has 0 aliphatic rings. The molecule has 1 amide bonds. The molecule has 2 N–H and O–H groups in total. The van der Waals surface area contributed by atoms with Gasteiger partial charge in [0.05, 0.1) is 22.4 Å². The summed E-state index contributed by atoms with van der Waals surface area (Å²) in [6.07, 6.45) is 3.85. The van der Waals surface area contributed by atoms with Gasteiger partial charge in [0.25, 0.3) is 5.91 Å². The third-order valence-electron chi connectivity index (χ3n) is 3.15. The van der Waals surface area contributed by atoms with E-state index in [1.165, 1.54) is 0 Å². The van der Waals surface area contributed by atoms with Gasteiger partial charge in [-0.3, -0.25) is 4.79 Å². The van der Waals surface area contributed by atoms with Gasteiger partial charge in [-0.15, -0.1) is 0 Å². The van der Waals surface area contributed by atoms with Crippen LogP contribution in [-0.2, 0) is 0 Å². The third kappa shape index (κ3) is 3.88.